The van der Waals surface area contributed by atoms with Crippen molar-refractivity contribution in [2.24, 2.45) is 59.2 Å². The van der Waals surface area contributed by atoms with E-state index in [1.165, 1.54) is 125 Å². The summed E-state index contributed by atoms with van der Waals surface area (Å²) in [5.41, 5.74) is 1.54. The number of quaternary nitrogens is 2. The fraction of sp³-hybridized carbons (Fsp3) is 0.840. The maximum absolute atomic E-state index is 12.7. The van der Waals surface area contributed by atoms with Gasteiger partial charge in [0.15, 0.2) is 0 Å². The van der Waals surface area contributed by atoms with Crippen molar-refractivity contribution in [1.82, 2.24) is 0 Å². The molecule has 22 unspecified atom stereocenters. The first kappa shape index (κ1) is 52.6. The van der Waals surface area contributed by atoms with Crippen LogP contribution in [0, 0.1) is 73.3 Å². The van der Waals surface area contributed by atoms with Gasteiger partial charge in [-0.15, -0.1) is 107 Å². The van der Waals surface area contributed by atoms with Gasteiger partial charge in [0.2, 0.25) is 0 Å². The summed E-state index contributed by atoms with van der Waals surface area (Å²) in [5, 5.41) is 4.80. The zero-order valence-corrected chi connectivity index (χ0v) is 46.9. The van der Waals surface area contributed by atoms with Crippen LogP contribution in [0.4, 0.5) is 0 Å². The number of hydrogen-bond acceptors (Lipinski definition) is 2. The Kier molecular flexibility index (Phi) is 18.3. The van der Waals surface area contributed by atoms with E-state index in [9.17, 15) is 9.59 Å². The van der Waals surface area contributed by atoms with Gasteiger partial charge in [0.25, 0.3) is 0 Å². The van der Waals surface area contributed by atoms with Gasteiger partial charge in [0.05, 0.1) is 79.0 Å². The molecular weight excluding hydrogens is 1040 g/mol. The van der Waals surface area contributed by atoms with Crippen LogP contribution in [0.3, 0.4) is 0 Å². The number of amides is 2. The summed E-state index contributed by atoms with van der Waals surface area (Å²) in [6.07, 6.45) is 31.2. The van der Waals surface area contributed by atoms with Crippen LogP contribution >= 0.6 is 92.8 Å². The van der Waals surface area contributed by atoms with Crippen molar-refractivity contribution in [3.05, 3.63) is 48.3 Å². The van der Waals surface area contributed by atoms with Gasteiger partial charge in [0.1, 0.15) is 0 Å². The second-order valence-corrected chi connectivity index (χ2v) is 25.8. The molecule has 22 atom stereocenters. The molecule has 6 saturated carbocycles. The SMILES string of the molecule is [CH2-][NH+]1C(/C=C2\[N-]C(=O)C3C(Cl)C(Cl)C(Cl)C(Cl)C23)CCC2C(C3CCCCC3)CCCC21.[CH2-][NH+]1C(/C=C2\[N-]C(=O)C3C(Cl)C(Cl)C(Cl)C(Cl)C23)CCC2C(C3CCCCC3)CCCC21.[Zn+2]. The first-order chi connectivity index (χ1) is 30.8. The minimum atomic E-state index is -0.546. The van der Waals surface area contributed by atoms with Crippen molar-refractivity contribution in [3.63, 3.8) is 0 Å². The number of carbonyl (C=O) groups is 2. The molecule has 0 aromatic carbocycles. The number of alkyl halides is 8. The Morgan fingerprint density at radius 2 is 0.738 bits per heavy atom. The molecule has 0 spiro atoms. The molecule has 10 aliphatic rings. The average molecular weight is 1110 g/mol. The van der Waals surface area contributed by atoms with E-state index in [1.54, 1.807) is 0 Å². The summed E-state index contributed by atoms with van der Waals surface area (Å²) in [7, 11) is 9.22. The molecule has 0 bridgehead atoms. The van der Waals surface area contributed by atoms with Gasteiger partial charge in [-0.2, -0.15) is 11.4 Å². The zero-order valence-electron chi connectivity index (χ0n) is 37.9. The number of nitrogens with one attached hydrogen (secondary N) is 2. The first-order valence-electron chi connectivity index (χ1n) is 25.2. The number of nitrogens with zero attached hydrogens (tertiary/aromatic N) is 2. The maximum Gasteiger partial charge on any atom is 2.00 e. The van der Waals surface area contributed by atoms with E-state index in [1.807, 2.05) is 0 Å². The monoisotopic (exact) mass is 1100 g/mol. The number of piperidine rings is 2. The average Bonchev–Trinajstić information content (AvgIpc) is 3.83. The predicted molar refractivity (Wildman–Crippen MR) is 265 cm³/mol. The number of hydrogen-bond donors (Lipinski definition) is 2. The number of carbonyl (C=O) groups excluding carboxylic acids is 2. The predicted octanol–water partition coefficient (Wildman–Crippen LogP) is 11.3. The first-order valence-corrected chi connectivity index (χ1v) is 28.7. The van der Waals surface area contributed by atoms with Gasteiger partial charge in [-0.3, -0.25) is 0 Å². The van der Waals surface area contributed by atoms with Crippen LogP contribution in [-0.4, -0.2) is 79.0 Å². The Hall–Kier alpha value is 1.28. The van der Waals surface area contributed by atoms with Crippen LogP contribution in [0.25, 0.3) is 10.6 Å². The minimum Gasteiger partial charge on any atom is -0.630 e. The van der Waals surface area contributed by atoms with Gasteiger partial charge in [-0.05, 0) is 99.0 Å². The van der Waals surface area contributed by atoms with Gasteiger partial charge in [-0.1, -0.05) is 64.2 Å². The standard InChI is InChI=1S/2C25H36Cl4N2O.Zn/c2*1-31-14(10-11-16-15(8-5-9-18(16)31)13-6-3-2-4-7-13)12-17-19-20(25(32)30-17)22(27)24(29)23(28)21(19)26;/h2*12-16,18-24,31H,1-11H2,(H,30,32);/q;;+2/p-2/b2*17-12-;. The van der Waals surface area contributed by atoms with E-state index in [2.05, 4.69) is 36.9 Å². The molecule has 15 heteroatoms. The Labute approximate surface area is 442 Å². The summed E-state index contributed by atoms with van der Waals surface area (Å²) in [6, 6.07) is 1.72. The van der Waals surface area contributed by atoms with E-state index in [4.69, 9.17) is 92.8 Å². The molecule has 10 fully saturated rings. The molecule has 6 nitrogen and oxygen atoms in total. The van der Waals surface area contributed by atoms with Crippen LogP contribution in [0.15, 0.2) is 23.5 Å². The van der Waals surface area contributed by atoms with Crippen LogP contribution in [-0.2, 0) is 29.1 Å². The van der Waals surface area contributed by atoms with E-state index < -0.39 is 54.9 Å². The van der Waals surface area contributed by atoms with Gasteiger partial charge < -0.3 is 30.0 Å². The molecular formula is C50H70Cl8N4O2Zn. The zero-order chi connectivity index (χ0) is 45.1. The van der Waals surface area contributed by atoms with Gasteiger partial charge in [-0.25, -0.2) is 0 Å². The minimum absolute atomic E-state index is 0. The van der Waals surface area contributed by atoms with Crippen LogP contribution in [0.5, 0.6) is 0 Å². The normalized spacial score (nSPS) is 50.4. The smallest absolute Gasteiger partial charge is 0.630 e. The number of allylic oxidation sites excluding steroid dienone is 2. The fourth-order valence-corrected chi connectivity index (χ4v) is 18.8. The molecule has 4 saturated heterocycles. The third-order valence-corrected chi connectivity index (χ3v) is 23.8. The second kappa shape index (κ2) is 22.6. The summed E-state index contributed by atoms with van der Waals surface area (Å²) >= 11 is 52.3. The van der Waals surface area contributed by atoms with Gasteiger partial charge >= 0.3 is 19.5 Å². The van der Waals surface area contributed by atoms with Crippen molar-refractivity contribution in [1.29, 1.82) is 0 Å². The van der Waals surface area contributed by atoms with E-state index in [0.717, 1.165) is 59.7 Å². The maximum atomic E-state index is 12.7. The van der Waals surface area contributed by atoms with Crippen molar-refractivity contribution < 1.29 is 38.9 Å². The Balaban J connectivity index is 0.000000175. The molecule has 0 radical (unpaired) electrons. The van der Waals surface area contributed by atoms with Crippen molar-refractivity contribution in [3.8, 4) is 0 Å². The third kappa shape index (κ3) is 10.3. The number of fused-ring (bicyclic) bond motifs is 4. The summed E-state index contributed by atoms with van der Waals surface area (Å²) in [4.78, 5) is 28.1. The van der Waals surface area contributed by atoms with E-state index in [0.29, 0.717) is 12.1 Å². The molecule has 0 aromatic heterocycles. The molecule has 4 heterocycles. The van der Waals surface area contributed by atoms with E-state index >= 15 is 0 Å². The number of likely N-dealkylation sites (tertiary alicyclic amines) is 2. The van der Waals surface area contributed by atoms with Gasteiger partial charge in [0, 0.05) is 36.5 Å². The molecule has 2 amide bonds. The third-order valence-electron chi connectivity index (χ3n) is 18.7. The van der Waals surface area contributed by atoms with Crippen LogP contribution in [0.2, 0.25) is 0 Å². The molecule has 6 aliphatic carbocycles. The largest absolute Gasteiger partial charge is 2.00 e. The summed E-state index contributed by atoms with van der Waals surface area (Å²) < 4.78 is 0. The summed E-state index contributed by atoms with van der Waals surface area (Å²) in [5.74, 6) is 3.32. The fourth-order valence-electron chi connectivity index (χ4n) is 15.5. The van der Waals surface area contributed by atoms with Crippen LogP contribution < -0.4 is 9.80 Å². The molecule has 65 heavy (non-hydrogen) atoms. The number of rotatable bonds is 4. The van der Waals surface area contributed by atoms with Crippen LogP contribution in [0.1, 0.15) is 128 Å². The molecule has 360 valence electrons. The molecule has 0 aromatic rings. The summed E-state index contributed by atoms with van der Waals surface area (Å²) in [6.45, 7) is 0. The quantitative estimate of drug-likeness (QED) is 0.167. The Morgan fingerprint density at radius 1 is 0.400 bits per heavy atom. The van der Waals surface area contributed by atoms with Crippen molar-refractivity contribution in [2.45, 2.75) is 196 Å². The second-order valence-electron chi connectivity index (χ2n) is 21.8. The molecule has 4 aliphatic heterocycles. The Bertz CT molecular complexity index is 1610. The Morgan fingerprint density at radius 3 is 1.09 bits per heavy atom. The number of halogens is 8. The topological polar surface area (TPSA) is 71.2 Å². The van der Waals surface area contributed by atoms with E-state index in [-0.39, 0.29) is 55.2 Å². The van der Waals surface area contributed by atoms with Crippen molar-refractivity contribution in [2.75, 3.05) is 0 Å². The molecule has 10 rings (SSSR count). The molecule has 2 N–H and O–H groups in total. The van der Waals surface area contributed by atoms with Crippen molar-refractivity contribution >= 4 is 105 Å².